The summed E-state index contributed by atoms with van der Waals surface area (Å²) in [6.45, 7) is 2.12. The van der Waals surface area contributed by atoms with Crippen LogP contribution in [0.1, 0.15) is 19.4 Å². The largest absolute Gasteiger partial charge is 0.282 e. The van der Waals surface area contributed by atoms with Crippen molar-refractivity contribution in [3.63, 3.8) is 0 Å². The molecule has 0 saturated carbocycles. The molecule has 0 spiro atoms. The van der Waals surface area contributed by atoms with E-state index in [1.807, 2.05) is 16.0 Å². The fourth-order valence-corrected chi connectivity index (χ4v) is 3.90. The van der Waals surface area contributed by atoms with E-state index in [0.717, 1.165) is 27.5 Å². The number of hydrogen-bond donors (Lipinski definition) is 0. The summed E-state index contributed by atoms with van der Waals surface area (Å²) in [5.41, 5.74) is 0.988. The first-order valence-corrected chi connectivity index (χ1v) is 6.80. The number of thiophene rings is 1. The number of aromatic nitrogens is 2. The molecule has 3 nitrogen and oxygen atoms in total. The molecule has 0 radical (unpaired) electrons. The molecule has 0 fully saturated rings. The smallest absolute Gasteiger partial charge is 0.272 e. The highest BCUT2D eigenvalue weighted by molar-refractivity contribution is 7.99. The highest BCUT2D eigenvalue weighted by Gasteiger charge is 2.25. The van der Waals surface area contributed by atoms with Crippen LogP contribution >= 0.6 is 23.1 Å². The Kier molecular flexibility index (Phi) is 2.10. The molecule has 15 heavy (non-hydrogen) atoms. The highest BCUT2D eigenvalue weighted by atomic mass is 32.2. The molecule has 1 atom stereocenters. The maximum absolute atomic E-state index is 12.2. The van der Waals surface area contributed by atoms with E-state index in [2.05, 4.69) is 11.9 Å². The lowest BCUT2D eigenvalue weighted by Gasteiger charge is -2.09. The van der Waals surface area contributed by atoms with Crippen molar-refractivity contribution in [1.29, 1.82) is 0 Å². The first kappa shape index (κ1) is 9.42. The molecule has 3 heterocycles. The lowest BCUT2D eigenvalue weighted by atomic mass is 10.2. The van der Waals surface area contributed by atoms with Gasteiger partial charge in [0.05, 0.1) is 5.52 Å². The molecule has 0 saturated heterocycles. The van der Waals surface area contributed by atoms with Gasteiger partial charge < -0.3 is 0 Å². The third kappa shape index (κ3) is 1.26. The van der Waals surface area contributed by atoms with E-state index in [-0.39, 0.29) is 5.56 Å². The second-order valence-electron chi connectivity index (χ2n) is 3.58. The summed E-state index contributed by atoms with van der Waals surface area (Å²) in [6, 6.07) is 2.25. The van der Waals surface area contributed by atoms with E-state index in [0.29, 0.717) is 6.04 Å². The minimum atomic E-state index is 0.141. The Morgan fingerprint density at radius 1 is 1.67 bits per heavy atom. The topological polar surface area (TPSA) is 34.9 Å². The number of thioether (sulfide) groups is 1. The maximum atomic E-state index is 12.2. The molecule has 0 bridgehead atoms. The molecule has 0 aromatic carbocycles. The Bertz CT molecular complexity index is 572. The summed E-state index contributed by atoms with van der Waals surface area (Å²) < 4.78 is 2.66. The lowest BCUT2D eigenvalue weighted by Crippen LogP contribution is -2.23. The summed E-state index contributed by atoms with van der Waals surface area (Å²) in [6.07, 6.45) is 0.998. The summed E-state index contributed by atoms with van der Waals surface area (Å²) >= 11 is 3.18. The quantitative estimate of drug-likeness (QED) is 0.716. The fraction of sp³-hybridized carbons (Fsp3) is 0.400. The Balaban J connectivity index is 2.37. The predicted molar refractivity (Wildman–Crippen MR) is 63.9 cm³/mol. The van der Waals surface area contributed by atoms with Crippen LogP contribution in [0.2, 0.25) is 0 Å². The van der Waals surface area contributed by atoms with Crippen molar-refractivity contribution < 1.29 is 0 Å². The zero-order valence-electron chi connectivity index (χ0n) is 8.27. The van der Waals surface area contributed by atoms with Crippen LogP contribution in [-0.4, -0.2) is 15.3 Å². The van der Waals surface area contributed by atoms with E-state index in [9.17, 15) is 4.79 Å². The van der Waals surface area contributed by atoms with Gasteiger partial charge in [-0.2, -0.15) is 0 Å². The molecule has 2 aromatic heterocycles. The van der Waals surface area contributed by atoms with Gasteiger partial charge in [-0.1, -0.05) is 18.7 Å². The van der Waals surface area contributed by atoms with Crippen molar-refractivity contribution in [3.05, 3.63) is 21.8 Å². The van der Waals surface area contributed by atoms with Crippen molar-refractivity contribution >= 4 is 33.3 Å². The second kappa shape index (κ2) is 3.35. The van der Waals surface area contributed by atoms with Gasteiger partial charge in [0, 0.05) is 11.8 Å². The number of rotatable bonds is 1. The Morgan fingerprint density at radius 3 is 3.33 bits per heavy atom. The van der Waals surface area contributed by atoms with Gasteiger partial charge in [-0.3, -0.25) is 9.36 Å². The zero-order valence-corrected chi connectivity index (χ0v) is 9.90. The standard InChI is InChI=1S/C10H10N2OS2/c1-2-6-5-15-10-11-7-3-4-14-8(7)9(13)12(6)10/h3-4,6H,2,5H2,1H3/t6-/m0/s1. The highest BCUT2D eigenvalue weighted by Crippen LogP contribution is 2.33. The molecular weight excluding hydrogens is 228 g/mol. The van der Waals surface area contributed by atoms with Crippen LogP contribution in [0.15, 0.2) is 21.4 Å². The monoisotopic (exact) mass is 238 g/mol. The van der Waals surface area contributed by atoms with Gasteiger partial charge in [-0.15, -0.1) is 11.3 Å². The first-order chi connectivity index (χ1) is 7.31. The van der Waals surface area contributed by atoms with E-state index in [1.165, 1.54) is 11.3 Å². The lowest BCUT2D eigenvalue weighted by molar-refractivity contribution is 0.497. The number of fused-ring (bicyclic) bond motifs is 2. The summed E-state index contributed by atoms with van der Waals surface area (Å²) in [4.78, 5) is 16.7. The van der Waals surface area contributed by atoms with Crippen LogP contribution in [0, 0.1) is 0 Å². The van der Waals surface area contributed by atoms with Crippen molar-refractivity contribution in [2.75, 3.05) is 5.75 Å². The molecule has 0 amide bonds. The van der Waals surface area contributed by atoms with Gasteiger partial charge in [-0.05, 0) is 17.9 Å². The van der Waals surface area contributed by atoms with Crippen LogP contribution in [0.25, 0.3) is 10.2 Å². The van der Waals surface area contributed by atoms with E-state index in [1.54, 1.807) is 11.8 Å². The average Bonchev–Trinajstić information content (AvgIpc) is 2.83. The van der Waals surface area contributed by atoms with Gasteiger partial charge in [0.2, 0.25) is 0 Å². The van der Waals surface area contributed by atoms with E-state index in [4.69, 9.17) is 0 Å². The number of hydrogen-bond acceptors (Lipinski definition) is 4. The molecule has 5 heteroatoms. The third-order valence-corrected chi connectivity index (χ3v) is 4.71. The van der Waals surface area contributed by atoms with Crippen LogP contribution in [0.5, 0.6) is 0 Å². The van der Waals surface area contributed by atoms with E-state index >= 15 is 0 Å². The van der Waals surface area contributed by atoms with Gasteiger partial charge in [-0.25, -0.2) is 4.98 Å². The van der Waals surface area contributed by atoms with Crippen molar-refractivity contribution in [3.8, 4) is 0 Å². The van der Waals surface area contributed by atoms with Crippen molar-refractivity contribution in [2.45, 2.75) is 24.5 Å². The molecule has 0 aliphatic carbocycles. The van der Waals surface area contributed by atoms with Gasteiger partial charge in [0.25, 0.3) is 5.56 Å². The molecule has 2 aromatic rings. The SMILES string of the molecule is CC[C@H]1CSc2nc3ccsc3c(=O)n21. The molecule has 3 rings (SSSR count). The predicted octanol–water partition coefficient (Wildman–Crippen LogP) is 2.51. The van der Waals surface area contributed by atoms with Crippen LogP contribution in [-0.2, 0) is 0 Å². The van der Waals surface area contributed by atoms with E-state index < -0.39 is 0 Å². The Morgan fingerprint density at radius 2 is 2.53 bits per heavy atom. The molecule has 1 aliphatic heterocycles. The Labute approximate surface area is 95.1 Å². The fourth-order valence-electron chi connectivity index (χ4n) is 1.87. The minimum Gasteiger partial charge on any atom is -0.282 e. The minimum absolute atomic E-state index is 0.141. The third-order valence-electron chi connectivity index (χ3n) is 2.72. The average molecular weight is 238 g/mol. The van der Waals surface area contributed by atoms with Crippen molar-refractivity contribution in [2.24, 2.45) is 0 Å². The van der Waals surface area contributed by atoms with Crippen molar-refractivity contribution in [1.82, 2.24) is 9.55 Å². The normalized spacial score (nSPS) is 19.7. The zero-order chi connectivity index (χ0) is 10.4. The summed E-state index contributed by atoms with van der Waals surface area (Å²) in [5.74, 6) is 0.982. The van der Waals surface area contributed by atoms with Gasteiger partial charge >= 0.3 is 0 Å². The Hall–Kier alpha value is -0.810. The first-order valence-electron chi connectivity index (χ1n) is 4.93. The molecule has 78 valence electrons. The van der Waals surface area contributed by atoms with Crippen LogP contribution < -0.4 is 5.56 Å². The summed E-state index contributed by atoms with van der Waals surface area (Å²) in [5, 5.41) is 2.82. The number of nitrogens with zero attached hydrogens (tertiary/aromatic N) is 2. The maximum Gasteiger partial charge on any atom is 0.272 e. The van der Waals surface area contributed by atoms with Crippen LogP contribution in [0.3, 0.4) is 0 Å². The molecular formula is C10H10N2OS2. The van der Waals surface area contributed by atoms with Gasteiger partial charge in [0.15, 0.2) is 5.16 Å². The van der Waals surface area contributed by atoms with Crippen LogP contribution in [0.4, 0.5) is 0 Å². The molecule has 1 aliphatic rings. The molecule has 0 unspecified atom stereocenters. The second-order valence-corrected chi connectivity index (χ2v) is 5.48. The molecule has 0 N–H and O–H groups in total. The van der Waals surface area contributed by atoms with Gasteiger partial charge in [0.1, 0.15) is 4.70 Å². The summed E-state index contributed by atoms with van der Waals surface area (Å²) in [7, 11) is 0.